The molecule has 0 aromatic heterocycles. The molecule has 7 nitrogen and oxygen atoms in total. The molecule has 0 fully saturated rings. The highest BCUT2D eigenvalue weighted by Crippen LogP contribution is 2.09. The minimum Gasteiger partial charge on any atom is -0.478 e. The molecule has 0 saturated carbocycles. The third kappa shape index (κ3) is 3.54. The van der Waals surface area contributed by atoms with Crippen molar-refractivity contribution in [1.82, 2.24) is 0 Å². The van der Waals surface area contributed by atoms with E-state index < -0.39 is 27.5 Å². The van der Waals surface area contributed by atoms with Gasteiger partial charge >= 0.3 is 22.1 Å². The zero-order chi connectivity index (χ0) is 13.9. The summed E-state index contributed by atoms with van der Waals surface area (Å²) in [6.07, 6.45) is 0. The van der Waals surface area contributed by atoms with Crippen LogP contribution in [0.3, 0.4) is 0 Å². The second kappa shape index (κ2) is 5.15. The Morgan fingerprint density at radius 3 is 2.00 bits per heavy atom. The Balaban J connectivity index is 2.83. The van der Waals surface area contributed by atoms with Crippen molar-refractivity contribution in [3.63, 3.8) is 0 Å². The summed E-state index contributed by atoms with van der Waals surface area (Å²) in [5.41, 5.74) is -1.73. The number of aromatic carboxylic acids is 1. The van der Waals surface area contributed by atoms with Crippen molar-refractivity contribution in [2.24, 2.45) is 0 Å². The number of benzene rings is 1. The fraction of sp³-hybridized carbons (Fsp3) is 0.200. The average molecular weight is 274 g/mol. The lowest BCUT2D eigenvalue weighted by atomic mass is 10.1. The molecule has 0 amide bonds. The third-order valence-corrected chi connectivity index (χ3v) is 3.00. The minimum absolute atomic E-state index is 0.0181. The predicted molar refractivity (Wildman–Crippen MR) is 59.8 cm³/mol. The lowest BCUT2D eigenvalue weighted by molar-refractivity contribution is 0.0455. The molecule has 1 unspecified atom stereocenters. The monoisotopic (exact) mass is 274 g/mol. The van der Waals surface area contributed by atoms with Gasteiger partial charge in [0.1, 0.15) is 0 Å². The second-order valence-electron chi connectivity index (χ2n) is 3.37. The molecule has 98 valence electrons. The molecule has 1 aromatic rings. The highest BCUT2D eigenvalue weighted by molar-refractivity contribution is 7.86. The van der Waals surface area contributed by atoms with Crippen LogP contribution in [-0.2, 0) is 14.9 Å². The summed E-state index contributed by atoms with van der Waals surface area (Å²) in [5.74, 6) is -2.13. The first-order valence-electron chi connectivity index (χ1n) is 4.72. The van der Waals surface area contributed by atoms with Gasteiger partial charge in [0.15, 0.2) is 0 Å². The number of hydrogen-bond acceptors (Lipinski definition) is 5. The van der Waals surface area contributed by atoms with Gasteiger partial charge in [-0.3, -0.25) is 4.55 Å². The van der Waals surface area contributed by atoms with Crippen molar-refractivity contribution in [3.05, 3.63) is 35.4 Å². The topological polar surface area (TPSA) is 118 Å². The van der Waals surface area contributed by atoms with E-state index in [2.05, 4.69) is 4.74 Å². The summed E-state index contributed by atoms with van der Waals surface area (Å²) < 4.78 is 34.4. The lowest BCUT2D eigenvalue weighted by Gasteiger charge is -2.09. The summed E-state index contributed by atoms with van der Waals surface area (Å²) in [6, 6.07) is 4.72. The van der Waals surface area contributed by atoms with Crippen LogP contribution in [0.5, 0.6) is 0 Å². The summed E-state index contributed by atoms with van der Waals surface area (Å²) in [5, 5.41) is 8.64. The Kier molecular flexibility index (Phi) is 4.04. The zero-order valence-corrected chi connectivity index (χ0v) is 10.0. The molecule has 0 radical (unpaired) electrons. The first-order valence-corrected chi connectivity index (χ1v) is 6.23. The smallest absolute Gasteiger partial charge is 0.339 e. The summed E-state index contributed by atoms with van der Waals surface area (Å²) in [6.45, 7) is 0.999. The molecule has 8 heteroatoms. The number of rotatable bonds is 4. The first kappa shape index (κ1) is 14.1. The second-order valence-corrected chi connectivity index (χ2v) is 5.06. The average Bonchev–Trinajstić information content (AvgIpc) is 2.27. The van der Waals surface area contributed by atoms with Crippen molar-refractivity contribution in [1.29, 1.82) is 0 Å². The van der Waals surface area contributed by atoms with Gasteiger partial charge in [-0.1, -0.05) is 0 Å². The molecule has 0 aliphatic rings. The van der Waals surface area contributed by atoms with Crippen molar-refractivity contribution in [2.45, 2.75) is 12.4 Å². The molecule has 1 aromatic carbocycles. The molecule has 1 atom stereocenters. The Morgan fingerprint density at radius 2 is 1.61 bits per heavy atom. The first-order chi connectivity index (χ1) is 8.21. The summed E-state index contributed by atoms with van der Waals surface area (Å²) in [7, 11) is -4.46. The number of carboxylic acids is 1. The molecule has 2 N–H and O–H groups in total. The Labute approximate surface area is 103 Å². The van der Waals surface area contributed by atoms with Crippen LogP contribution >= 0.6 is 0 Å². The van der Waals surface area contributed by atoms with Crippen LogP contribution in [0.4, 0.5) is 0 Å². The Morgan fingerprint density at radius 1 is 1.17 bits per heavy atom. The van der Waals surface area contributed by atoms with Crippen LogP contribution < -0.4 is 0 Å². The number of carbonyl (C=O) groups is 2. The van der Waals surface area contributed by atoms with Crippen molar-refractivity contribution < 1.29 is 32.4 Å². The Bertz CT molecular complexity index is 558. The van der Waals surface area contributed by atoms with Gasteiger partial charge in [0.25, 0.3) is 0 Å². The highest BCUT2D eigenvalue weighted by atomic mass is 32.2. The lowest BCUT2D eigenvalue weighted by Crippen LogP contribution is -2.23. The SMILES string of the molecule is CC(OC(=O)c1ccc(C(=O)O)cc1)S(=O)(=O)O. The van der Waals surface area contributed by atoms with Crippen LogP contribution in [0.25, 0.3) is 0 Å². The maximum absolute atomic E-state index is 11.4. The van der Waals surface area contributed by atoms with Crippen LogP contribution in [0.2, 0.25) is 0 Å². The van der Waals surface area contributed by atoms with E-state index in [1.807, 2.05) is 0 Å². The maximum atomic E-state index is 11.4. The van der Waals surface area contributed by atoms with Crippen molar-refractivity contribution >= 4 is 22.1 Å². The number of ether oxygens (including phenoxy) is 1. The van der Waals surface area contributed by atoms with E-state index in [0.717, 1.165) is 6.92 Å². The summed E-state index contributed by atoms with van der Waals surface area (Å²) in [4.78, 5) is 22.0. The molecule has 0 aliphatic carbocycles. The molecule has 0 aliphatic heterocycles. The van der Waals surface area contributed by atoms with E-state index >= 15 is 0 Å². The van der Waals surface area contributed by atoms with Crippen LogP contribution in [0.15, 0.2) is 24.3 Å². The fourth-order valence-corrected chi connectivity index (χ4v) is 1.24. The van der Waals surface area contributed by atoms with E-state index in [1.165, 1.54) is 24.3 Å². The van der Waals surface area contributed by atoms with Gasteiger partial charge in [0.2, 0.25) is 5.44 Å². The molecule has 1 rings (SSSR count). The van der Waals surface area contributed by atoms with E-state index in [0.29, 0.717) is 0 Å². The summed E-state index contributed by atoms with van der Waals surface area (Å²) >= 11 is 0. The molecule has 0 saturated heterocycles. The molecular weight excluding hydrogens is 264 g/mol. The standard InChI is InChI=1S/C10H10O7S/c1-6(18(14,15)16)17-10(13)8-4-2-7(3-5-8)9(11)12/h2-6H,1H3,(H,11,12)(H,14,15,16). The quantitative estimate of drug-likeness (QED) is 0.615. The van der Waals surface area contributed by atoms with Crippen molar-refractivity contribution in [2.75, 3.05) is 0 Å². The van der Waals surface area contributed by atoms with Gasteiger partial charge < -0.3 is 9.84 Å². The molecule has 18 heavy (non-hydrogen) atoms. The maximum Gasteiger partial charge on any atom is 0.339 e. The third-order valence-electron chi connectivity index (χ3n) is 2.06. The van der Waals surface area contributed by atoms with E-state index in [9.17, 15) is 18.0 Å². The number of hydrogen-bond donors (Lipinski definition) is 2. The van der Waals surface area contributed by atoms with Crippen LogP contribution in [0.1, 0.15) is 27.6 Å². The van der Waals surface area contributed by atoms with E-state index in [1.54, 1.807) is 0 Å². The van der Waals surface area contributed by atoms with Crippen LogP contribution in [0, 0.1) is 0 Å². The van der Waals surface area contributed by atoms with Gasteiger partial charge in [-0.15, -0.1) is 0 Å². The van der Waals surface area contributed by atoms with Gasteiger partial charge in [0, 0.05) is 0 Å². The Hall–Kier alpha value is -1.93. The highest BCUT2D eigenvalue weighted by Gasteiger charge is 2.22. The van der Waals surface area contributed by atoms with Gasteiger partial charge in [-0.05, 0) is 31.2 Å². The van der Waals surface area contributed by atoms with Gasteiger partial charge in [-0.25, -0.2) is 9.59 Å². The molecular formula is C10H10O7S. The number of esters is 1. The molecule has 0 spiro atoms. The van der Waals surface area contributed by atoms with Crippen molar-refractivity contribution in [3.8, 4) is 0 Å². The number of carbonyl (C=O) groups excluding carboxylic acids is 1. The van der Waals surface area contributed by atoms with E-state index in [-0.39, 0.29) is 11.1 Å². The fourth-order valence-electron chi connectivity index (χ4n) is 1.03. The zero-order valence-electron chi connectivity index (χ0n) is 9.23. The van der Waals surface area contributed by atoms with Crippen LogP contribution in [-0.4, -0.2) is 35.5 Å². The van der Waals surface area contributed by atoms with Gasteiger partial charge in [-0.2, -0.15) is 8.42 Å². The minimum atomic E-state index is -4.46. The molecule has 0 heterocycles. The van der Waals surface area contributed by atoms with Gasteiger partial charge in [0.05, 0.1) is 11.1 Å². The number of carboxylic acid groups (broad SMARTS) is 1. The predicted octanol–water partition coefficient (Wildman–Crippen LogP) is 0.775. The van der Waals surface area contributed by atoms with E-state index in [4.69, 9.17) is 9.66 Å². The normalized spacial score (nSPS) is 12.8. The largest absolute Gasteiger partial charge is 0.478 e. The molecule has 0 bridgehead atoms.